The molecule has 0 fully saturated rings. The van der Waals surface area contributed by atoms with Crippen LogP contribution in [0.4, 0.5) is 4.39 Å². The molecule has 0 bridgehead atoms. The smallest absolute Gasteiger partial charge is 0.123 e. The largest absolute Gasteiger partial charge is 0.308 e. The fourth-order valence-electron chi connectivity index (χ4n) is 1.70. The van der Waals surface area contributed by atoms with Gasteiger partial charge in [0.2, 0.25) is 0 Å². The van der Waals surface area contributed by atoms with E-state index in [4.69, 9.17) is 23.2 Å². The van der Waals surface area contributed by atoms with E-state index in [0.29, 0.717) is 23.1 Å². The Morgan fingerprint density at radius 2 is 1.74 bits per heavy atom. The molecule has 0 heterocycles. The van der Waals surface area contributed by atoms with Crippen molar-refractivity contribution in [1.29, 1.82) is 0 Å². The first kappa shape index (κ1) is 14.8. The van der Waals surface area contributed by atoms with Gasteiger partial charge in [0.15, 0.2) is 0 Å². The third-order valence-electron chi connectivity index (χ3n) is 2.69. The maximum Gasteiger partial charge on any atom is 0.123 e. The standard InChI is InChI=1S/C14H11BrCl2FN/c15-12-5-4-10(18)6-9(12)7-19-8-11-13(16)2-1-3-14(11)17/h1-6,19H,7-8H2. The average Bonchev–Trinajstić information content (AvgIpc) is 2.37. The van der Waals surface area contributed by atoms with Gasteiger partial charge < -0.3 is 5.32 Å². The van der Waals surface area contributed by atoms with Gasteiger partial charge in [-0.2, -0.15) is 0 Å². The third kappa shape index (κ3) is 3.93. The molecule has 0 amide bonds. The van der Waals surface area contributed by atoms with Crippen molar-refractivity contribution >= 4 is 39.1 Å². The monoisotopic (exact) mass is 361 g/mol. The molecule has 1 N–H and O–H groups in total. The summed E-state index contributed by atoms with van der Waals surface area (Å²) >= 11 is 15.5. The van der Waals surface area contributed by atoms with Crippen molar-refractivity contribution in [1.82, 2.24) is 5.32 Å². The molecule has 100 valence electrons. The lowest BCUT2D eigenvalue weighted by atomic mass is 10.2. The lowest BCUT2D eigenvalue weighted by Crippen LogP contribution is -2.14. The van der Waals surface area contributed by atoms with Crippen LogP contribution in [0.15, 0.2) is 40.9 Å². The van der Waals surface area contributed by atoms with Crippen molar-refractivity contribution < 1.29 is 4.39 Å². The molecule has 0 saturated carbocycles. The molecular formula is C14H11BrCl2FN. The molecular weight excluding hydrogens is 352 g/mol. The van der Waals surface area contributed by atoms with E-state index in [1.165, 1.54) is 12.1 Å². The van der Waals surface area contributed by atoms with Crippen LogP contribution in [0.2, 0.25) is 10.0 Å². The summed E-state index contributed by atoms with van der Waals surface area (Å²) in [5.41, 5.74) is 1.70. The Hall–Kier alpha value is -0.610. The van der Waals surface area contributed by atoms with Crippen LogP contribution >= 0.6 is 39.1 Å². The van der Waals surface area contributed by atoms with Crippen molar-refractivity contribution in [2.75, 3.05) is 0 Å². The normalized spacial score (nSPS) is 10.7. The molecule has 0 aliphatic rings. The third-order valence-corrected chi connectivity index (χ3v) is 4.17. The van der Waals surface area contributed by atoms with Gasteiger partial charge in [0.05, 0.1) is 0 Å². The minimum absolute atomic E-state index is 0.254. The molecule has 0 unspecified atom stereocenters. The van der Waals surface area contributed by atoms with E-state index in [1.54, 1.807) is 24.3 Å². The zero-order valence-electron chi connectivity index (χ0n) is 9.89. The highest BCUT2D eigenvalue weighted by Crippen LogP contribution is 2.24. The molecule has 0 atom stereocenters. The second kappa shape index (κ2) is 6.71. The van der Waals surface area contributed by atoms with E-state index in [0.717, 1.165) is 15.6 Å². The zero-order chi connectivity index (χ0) is 13.8. The fraction of sp³-hybridized carbons (Fsp3) is 0.143. The van der Waals surface area contributed by atoms with Gasteiger partial charge >= 0.3 is 0 Å². The second-order valence-electron chi connectivity index (χ2n) is 4.04. The molecule has 0 saturated heterocycles. The van der Waals surface area contributed by atoms with E-state index in [-0.39, 0.29) is 5.82 Å². The summed E-state index contributed by atoms with van der Waals surface area (Å²) in [5, 5.41) is 4.45. The van der Waals surface area contributed by atoms with E-state index < -0.39 is 0 Å². The van der Waals surface area contributed by atoms with E-state index in [9.17, 15) is 4.39 Å². The number of halogens is 4. The second-order valence-corrected chi connectivity index (χ2v) is 5.71. The molecule has 0 spiro atoms. The van der Waals surface area contributed by atoms with Gasteiger partial charge in [-0.1, -0.05) is 45.2 Å². The number of benzene rings is 2. The number of hydrogen-bond donors (Lipinski definition) is 1. The van der Waals surface area contributed by atoms with Crippen molar-refractivity contribution in [2.45, 2.75) is 13.1 Å². The Morgan fingerprint density at radius 1 is 1.05 bits per heavy atom. The fourth-order valence-corrected chi connectivity index (χ4v) is 2.62. The van der Waals surface area contributed by atoms with Gasteiger partial charge in [-0.05, 0) is 35.9 Å². The molecule has 0 aliphatic carbocycles. The minimum atomic E-state index is -0.254. The first-order valence-corrected chi connectivity index (χ1v) is 7.20. The predicted molar refractivity (Wildman–Crippen MR) is 81.1 cm³/mol. The van der Waals surface area contributed by atoms with Crippen LogP contribution in [0.25, 0.3) is 0 Å². The maximum atomic E-state index is 13.1. The summed E-state index contributed by atoms with van der Waals surface area (Å²) < 4.78 is 14.0. The van der Waals surface area contributed by atoms with E-state index >= 15 is 0 Å². The van der Waals surface area contributed by atoms with Gasteiger partial charge in [0.1, 0.15) is 5.82 Å². The van der Waals surface area contributed by atoms with Gasteiger partial charge in [0.25, 0.3) is 0 Å². The quantitative estimate of drug-likeness (QED) is 0.789. The summed E-state index contributed by atoms with van der Waals surface area (Å²) in [7, 11) is 0. The van der Waals surface area contributed by atoms with Crippen LogP contribution in [0.1, 0.15) is 11.1 Å². The highest BCUT2D eigenvalue weighted by atomic mass is 79.9. The Labute approximate surface area is 129 Å². The Bertz CT molecular complexity index is 569. The highest BCUT2D eigenvalue weighted by molar-refractivity contribution is 9.10. The van der Waals surface area contributed by atoms with Crippen molar-refractivity contribution in [2.24, 2.45) is 0 Å². The van der Waals surface area contributed by atoms with E-state index in [1.807, 2.05) is 0 Å². The van der Waals surface area contributed by atoms with Crippen molar-refractivity contribution in [3.8, 4) is 0 Å². The highest BCUT2D eigenvalue weighted by Gasteiger charge is 2.06. The summed E-state index contributed by atoms with van der Waals surface area (Å²) in [5.74, 6) is -0.254. The predicted octanol–water partition coefficient (Wildman–Crippen LogP) is 5.18. The summed E-state index contributed by atoms with van der Waals surface area (Å²) in [4.78, 5) is 0. The van der Waals surface area contributed by atoms with Gasteiger partial charge in [-0.15, -0.1) is 0 Å². The van der Waals surface area contributed by atoms with Gasteiger partial charge in [-0.3, -0.25) is 0 Å². The van der Waals surface area contributed by atoms with Crippen LogP contribution in [0.5, 0.6) is 0 Å². The SMILES string of the molecule is Fc1ccc(Br)c(CNCc2c(Cl)cccc2Cl)c1. The number of hydrogen-bond acceptors (Lipinski definition) is 1. The first-order chi connectivity index (χ1) is 9.08. The Morgan fingerprint density at radius 3 is 2.42 bits per heavy atom. The molecule has 0 radical (unpaired) electrons. The Kier molecular flexibility index (Phi) is 5.22. The number of nitrogens with one attached hydrogen (secondary N) is 1. The molecule has 0 aromatic heterocycles. The molecule has 2 rings (SSSR count). The molecule has 2 aromatic carbocycles. The zero-order valence-corrected chi connectivity index (χ0v) is 13.0. The summed E-state index contributed by atoms with van der Waals surface area (Å²) in [6, 6.07) is 9.99. The summed E-state index contributed by atoms with van der Waals surface area (Å²) in [6.45, 7) is 1.06. The van der Waals surface area contributed by atoms with Crippen LogP contribution in [0.3, 0.4) is 0 Å². The molecule has 1 nitrogen and oxygen atoms in total. The molecule has 5 heteroatoms. The van der Waals surface area contributed by atoms with Crippen LogP contribution in [-0.2, 0) is 13.1 Å². The van der Waals surface area contributed by atoms with Crippen LogP contribution in [-0.4, -0.2) is 0 Å². The molecule has 2 aromatic rings. The lowest BCUT2D eigenvalue weighted by molar-refractivity contribution is 0.619. The molecule has 19 heavy (non-hydrogen) atoms. The average molecular weight is 363 g/mol. The van der Waals surface area contributed by atoms with Crippen LogP contribution < -0.4 is 5.32 Å². The minimum Gasteiger partial charge on any atom is -0.308 e. The van der Waals surface area contributed by atoms with Crippen molar-refractivity contribution in [3.63, 3.8) is 0 Å². The Balaban J connectivity index is 2.02. The van der Waals surface area contributed by atoms with Gasteiger partial charge in [0, 0.05) is 33.2 Å². The topological polar surface area (TPSA) is 12.0 Å². The maximum absolute atomic E-state index is 13.1. The first-order valence-electron chi connectivity index (χ1n) is 5.65. The van der Waals surface area contributed by atoms with E-state index in [2.05, 4.69) is 21.2 Å². The van der Waals surface area contributed by atoms with Gasteiger partial charge in [-0.25, -0.2) is 4.39 Å². The lowest BCUT2D eigenvalue weighted by Gasteiger charge is -2.10. The number of rotatable bonds is 4. The van der Waals surface area contributed by atoms with Crippen molar-refractivity contribution in [3.05, 3.63) is 67.9 Å². The molecule has 0 aliphatic heterocycles. The summed E-state index contributed by atoms with van der Waals surface area (Å²) in [6.07, 6.45) is 0. The van der Waals surface area contributed by atoms with Crippen LogP contribution in [0, 0.1) is 5.82 Å².